The molecule has 1 rings (SSSR count). The Balaban J connectivity index is 2.77. The van der Waals surface area contributed by atoms with Crippen LogP contribution in [0.2, 0.25) is 10.0 Å². The van der Waals surface area contributed by atoms with Gasteiger partial charge in [-0.2, -0.15) is 0 Å². The van der Waals surface area contributed by atoms with Gasteiger partial charge >= 0.3 is 0 Å². The smallest absolute Gasteiger partial charge is 0.0454 e. The number of hydrogen-bond donors (Lipinski definition) is 1. The first kappa shape index (κ1) is 11.8. The maximum absolute atomic E-state index is 6.03. The summed E-state index contributed by atoms with van der Waals surface area (Å²) in [7, 11) is 0. The zero-order valence-electron chi connectivity index (χ0n) is 8.26. The molecule has 0 bridgehead atoms. The minimum atomic E-state index is 0.00106. The lowest BCUT2D eigenvalue weighted by molar-refractivity contribution is 0.603. The van der Waals surface area contributed by atoms with Gasteiger partial charge in [-0.05, 0) is 30.2 Å². The van der Waals surface area contributed by atoms with E-state index in [1.807, 2.05) is 6.07 Å². The van der Waals surface area contributed by atoms with Gasteiger partial charge in [-0.1, -0.05) is 43.0 Å². The van der Waals surface area contributed by atoms with Crippen molar-refractivity contribution in [3.63, 3.8) is 0 Å². The fraction of sp³-hybridized carbons (Fsp3) is 0.455. The highest BCUT2D eigenvalue weighted by molar-refractivity contribution is 6.33. The van der Waals surface area contributed by atoms with E-state index in [4.69, 9.17) is 28.9 Å². The van der Waals surface area contributed by atoms with Gasteiger partial charge in [0, 0.05) is 16.1 Å². The minimum absolute atomic E-state index is 0.00106. The van der Waals surface area contributed by atoms with Crippen molar-refractivity contribution in [2.75, 3.05) is 0 Å². The topological polar surface area (TPSA) is 26.0 Å². The fourth-order valence-corrected chi connectivity index (χ4v) is 1.82. The molecule has 0 saturated carbocycles. The summed E-state index contributed by atoms with van der Waals surface area (Å²) in [4.78, 5) is 0. The molecule has 0 fully saturated rings. The first-order chi connectivity index (χ1) is 6.65. The Hall–Kier alpha value is -0.240. The average Bonchev–Trinajstić information content (AvgIpc) is 2.18. The number of benzene rings is 1. The van der Waals surface area contributed by atoms with Crippen LogP contribution in [0.4, 0.5) is 0 Å². The molecule has 78 valence electrons. The van der Waals surface area contributed by atoms with Crippen LogP contribution >= 0.6 is 23.2 Å². The third-order valence-corrected chi connectivity index (χ3v) is 2.81. The van der Waals surface area contributed by atoms with Crippen LogP contribution in [0.3, 0.4) is 0 Å². The maximum atomic E-state index is 6.03. The van der Waals surface area contributed by atoms with Gasteiger partial charge < -0.3 is 5.73 Å². The Morgan fingerprint density at radius 1 is 1.36 bits per heavy atom. The Labute approximate surface area is 95.2 Å². The number of halogens is 2. The van der Waals surface area contributed by atoms with Crippen molar-refractivity contribution in [1.82, 2.24) is 0 Å². The summed E-state index contributed by atoms with van der Waals surface area (Å²) in [5.41, 5.74) is 6.96. The first-order valence-electron chi connectivity index (χ1n) is 4.85. The van der Waals surface area contributed by atoms with Crippen molar-refractivity contribution >= 4 is 23.2 Å². The summed E-state index contributed by atoms with van der Waals surface area (Å²) in [6.45, 7) is 2.15. The summed E-state index contributed by atoms with van der Waals surface area (Å²) >= 11 is 11.9. The summed E-state index contributed by atoms with van der Waals surface area (Å²) in [5, 5.41) is 1.40. The first-order valence-corrected chi connectivity index (χ1v) is 5.61. The predicted molar refractivity (Wildman–Crippen MR) is 62.9 cm³/mol. The van der Waals surface area contributed by atoms with E-state index in [9.17, 15) is 0 Å². The van der Waals surface area contributed by atoms with Crippen LogP contribution in [0.5, 0.6) is 0 Å². The lowest BCUT2D eigenvalue weighted by Gasteiger charge is -2.13. The number of hydrogen-bond acceptors (Lipinski definition) is 1. The Morgan fingerprint density at radius 2 is 2.07 bits per heavy atom. The summed E-state index contributed by atoms with van der Waals surface area (Å²) < 4.78 is 0. The molecule has 0 heterocycles. The molecule has 0 saturated heterocycles. The predicted octanol–water partition coefficient (Wildman–Crippen LogP) is 4.18. The second-order valence-electron chi connectivity index (χ2n) is 3.41. The molecule has 1 nitrogen and oxygen atoms in total. The largest absolute Gasteiger partial charge is 0.324 e. The Bertz CT molecular complexity index is 299. The second kappa shape index (κ2) is 5.59. The van der Waals surface area contributed by atoms with Gasteiger partial charge in [0.1, 0.15) is 0 Å². The molecule has 0 aliphatic carbocycles. The molecule has 0 amide bonds. The molecule has 0 radical (unpaired) electrons. The maximum Gasteiger partial charge on any atom is 0.0454 e. The molecule has 0 aliphatic heterocycles. The van der Waals surface area contributed by atoms with Crippen LogP contribution in [0.25, 0.3) is 0 Å². The molecule has 1 atom stereocenters. The highest BCUT2D eigenvalue weighted by atomic mass is 35.5. The third kappa shape index (κ3) is 3.16. The monoisotopic (exact) mass is 231 g/mol. The van der Waals surface area contributed by atoms with E-state index in [1.54, 1.807) is 12.1 Å². The number of nitrogens with two attached hydrogens (primary N) is 1. The zero-order chi connectivity index (χ0) is 10.6. The molecule has 14 heavy (non-hydrogen) atoms. The van der Waals surface area contributed by atoms with Gasteiger partial charge in [-0.3, -0.25) is 0 Å². The molecule has 3 heteroatoms. The quantitative estimate of drug-likeness (QED) is 0.827. The molecular formula is C11H15Cl2N. The highest BCUT2D eigenvalue weighted by Crippen LogP contribution is 2.27. The molecular weight excluding hydrogens is 217 g/mol. The van der Waals surface area contributed by atoms with Crippen molar-refractivity contribution in [3.05, 3.63) is 33.8 Å². The van der Waals surface area contributed by atoms with Crippen molar-refractivity contribution in [2.45, 2.75) is 32.2 Å². The molecule has 0 spiro atoms. The summed E-state index contributed by atoms with van der Waals surface area (Å²) in [6.07, 6.45) is 3.21. The van der Waals surface area contributed by atoms with Gasteiger partial charge in [0.2, 0.25) is 0 Å². The van der Waals surface area contributed by atoms with Gasteiger partial charge in [-0.15, -0.1) is 0 Å². The molecule has 0 aliphatic rings. The van der Waals surface area contributed by atoms with Crippen molar-refractivity contribution < 1.29 is 0 Å². The Kier molecular flexibility index (Phi) is 4.73. The van der Waals surface area contributed by atoms with Gasteiger partial charge in [0.05, 0.1) is 0 Å². The third-order valence-electron chi connectivity index (χ3n) is 2.23. The van der Waals surface area contributed by atoms with Crippen molar-refractivity contribution in [2.24, 2.45) is 5.73 Å². The summed E-state index contributed by atoms with van der Waals surface area (Å²) in [5.74, 6) is 0. The lowest BCUT2D eigenvalue weighted by Crippen LogP contribution is -2.10. The SMILES string of the molecule is CCCC[C@@H](N)c1cc(Cl)ccc1Cl. The van der Waals surface area contributed by atoms with E-state index < -0.39 is 0 Å². The van der Waals surface area contributed by atoms with Crippen LogP contribution in [0, 0.1) is 0 Å². The van der Waals surface area contributed by atoms with Crippen LogP contribution in [-0.2, 0) is 0 Å². The van der Waals surface area contributed by atoms with Crippen LogP contribution in [0.1, 0.15) is 37.8 Å². The molecule has 2 N–H and O–H groups in total. The standard InChI is InChI=1S/C11H15Cl2N/c1-2-3-4-11(14)9-7-8(12)5-6-10(9)13/h5-7,11H,2-4,14H2,1H3/t11-/m1/s1. The van der Waals surface area contributed by atoms with Gasteiger partial charge in [-0.25, -0.2) is 0 Å². The van der Waals surface area contributed by atoms with Crippen LogP contribution in [0.15, 0.2) is 18.2 Å². The summed E-state index contributed by atoms with van der Waals surface area (Å²) in [6, 6.07) is 5.43. The average molecular weight is 232 g/mol. The molecule has 1 aromatic carbocycles. The normalized spacial score (nSPS) is 12.9. The molecule has 1 aromatic rings. The minimum Gasteiger partial charge on any atom is -0.324 e. The Morgan fingerprint density at radius 3 is 2.71 bits per heavy atom. The van der Waals surface area contributed by atoms with E-state index in [0.717, 1.165) is 24.8 Å². The molecule has 0 aromatic heterocycles. The second-order valence-corrected chi connectivity index (χ2v) is 4.26. The van der Waals surface area contributed by atoms with E-state index in [1.165, 1.54) is 0 Å². The number of unbranched alkanes of at least 4 members (excludes halogenated alkanes) is 1. The van der Waals surface area contributed by atoms with E-state index in [-0.39, 0.29) is 6.04 Å². The fourth-order valence-electron chi connectivity index (χ4n) is 1.38. The van der Waals surface area contributed by atoms with Crippen molar-refractivity contribution in [3.8, 4) is 0 Å². The van der Waals surface area contributed by atoms with Gasteiger partial charge in [0.15, 0.2) is 0 Å². The number of rotatable bonds is 4. The van der Waals surface area contributed by atoms with Crippen molar-refractivity contribution in [1.29, 1.82) is 0 Å². The van der Waals surface area contributed by atoms with Gasteiger partial charge in [0.25, 0.3) is 0 Å². The van der Waals surface area contributed by atoms with Crippen LogP contribution in [-0.4, -0.2) is 0 Å². The van der Waals surface area contributed by atoms with E-state index in [2.05, 4.69) is 6.92 Å². The molecule has 0 unspecified atom stereocenters. The zero-order valence-corrected chi connectivity index (χ0v) is 9.78. The van der Waals surface area contributed by atoms with E-state index in [0.29, 0.717) is 10.0 Å². The lowest BCUT2D eigenvalue weighted by atomic mass is 10.0. The highest BCUT2D eigenvalue weighted by Gasteiger charge is 2.09. The van der Waals surface area contributed by atoms with E-state index >= 15 is 0 Å². The van der Waals surface area contributed by atoms with Crippen LogP contribution < -0.4 is 5.73 Å².